The van der Waals surface area contributed by atoms with Gasteiger partial charge in [-0.1, -0.05) is 30.3 Å². The molecule has 0 saturated carbocycles. The van der Waals surface area contributed by atoms with Crippen molar-refractivity contribution in [2.24, 2.45) is 0 Å². The first-order valence-corrected chi connectivity index (χ1v) is 8.19. The number of halogens is 1. The molecule has 0 atom stereocenters. The van der Waals surface area contributed by atoms with Crippen molar-refractivity contribution in [3.8, 4) is 0 Å². The molecular weight excluding hydrogens is 298 g/mol. The highest BCUT2D eigenvalue weighted by Gasteiger charge is 2.22. The lowest BCUT2D eigenvalue weighted by Gasteiger charge is -2.31. The molecule has 116 valence electrons. The van der Waals surface area contributed by atoms with Gasteiger partial charge in [0.25, 0.3) is 5.56 Å². The van der Waals surface area contributed by atoms with Crippen LogP contribution in [-0.2, 0) is 19.5 Å². The number of anilines is 1. The lowest BCUT2D eigenvalue weighted by Crippen LogP contribution is -2.40. The van der Waals surface area contributed by atoms with Crippen LogP contribution < -0.4 is 10.5 Å². The number of alkyl halides is 1. The van der Waals surface area contributed by atoms with E-state index in [4.69, 9.17) is 16.6 Å². The normalized spacial score (nSPS) is 14.0. The molecule has 0 radical (unpaired) electrons. The number of hydrogen-bond donors (Lipinski definition) is 0. The first-order chi connectivity index (χ1) is 10.7. The zero-order valence-corrected chi connectivity index (χ0v) is 13.5. The fourth-order valence-corrected chi connectivity index (χ4v) is 3.17. The van der Waals surface area contributed by atoms with E-state index in [0.29, 0.717) is 12.3 Å². The third-order valence-corrected chi connectivity index (χ3v) is 4.29. The van der Waals surface area contributed by atoms with E-state index in [-0.39, 0.29) is 5.56 Å². The van der Waals surface area contributed by atoms with E-state index in [2.05, 4.69) is 17.0 Å². The Morgan fingerprint density at radius 1 is 1.23 bits per heavy atom. The van der Waals surface area contributed by atoms with Gasteiger partial charge in [-0.25, -0.2) is 4.98 Å². The van der Waals surface area contributed by atoms with Crippen molar-refractivity contribution in [3.63, 3.8) is 0 Å². The van der Waals surface area contributed by atoms with E-state index in [1.165, 1.54) is 5.56 Å². The van der Waals surface area contributed by atoms with E-state index < -0.39 is 0 Å². The first-order valence-electron chi connectivity index (χ1n) is 7.66. The number of benzene rings is 1. The van der Waals surface area contributed by atoms with Gasteiger partial charge in [0.1, 0.15) is 0 Å². The van der Waals surface area contributed by atoms with Crippen LogP contribution in [0.15, 0.2) is 35.1 Å². The minimum absolute atomic E-state index is 0.0703. The van der Waals surface area contributed by atoms with Crippen molar-refractivity contribution in [2.75, 3.05) is 17.3 Å². The van der Waals surface area contributed by atoms with Crippen LogP contribution >= 0.6 is 11.6 Å². The highest BCUT2D eigenvalue weighted by Crippen LogP contribution is 2.20. The Labute approximate surface area is 135 Å². The van der Waals surface area contributed by atoms with Crippen LogP contribution in [-0.4, -0.2) is 22.0 Å². The molecule has 0 unspecified atom stereocenters. The molecule has 4 nitrogen and oxygen atoms in total. The minimum Gasteiger partial charge on any atom is -0.338 e. The fourth-order valence-electron chi connectivity index (χ4n) is 2.98. The van der Waals surface area contributed by atoms with Gasteiger partial charge in [0.15, 0.2) is 0 Å². The van der Waals surface area contributed by atoms with Crippen LogP contribution in [0.1, 0.15) is 23.2 Å². The molecule has 0 saturated heterocycles. The Bertz CT molecular complexity index is 712. The molecule has 2 heterocycles. The second-order valence-corrected chi connectivity index (χ2v) is 6.01. The summed E-state index contributed by atoms with van der Waals surface area (Å²) in [5.41, 5.74) is 2.85. The van der Waals surface area contributed by atoms with Crippen LogP contribution in [0.25, 0.3) is 0 Å². The van der Waals surface area contributed by atoms with Crippen molar-refractivity contribution < 1.29 is 0 Å². The fraction of sp³-hybridized carbons (Fsp3) is 0.412. The Morgan fingerprint density at radius 3 is 2.73 bits per heavy atom. The molecular formula is C17H20ClN3O. The molecule has 3 rings (SSSR count). The predicted molar refractivity (Wildman–Crippen MR) is 89.8 cm³/mol. The molecule has 0 bridgehead atoms. The second-order valence-electron chi connectivity index (χ2n) is 5.63. The van der Waals surface area contributed by atoms with Gasteiger partial charge in [-0.3, -0.25) is 9.36 Å². The van der Waals surface area contributed by atoms with Crippen LogP contribution in [0.3, 0.4) is 0 Å². The van der Waals surface area contributed by atoms with Crippen LogP contribution in [0, 0.1) is 6.92 Å². The average Bonchev–Trinajstić information content (AvgIpc) is 2.53. The van der Waals surface area contributed by atoms with E-state index >= 15 is 0 Å². The van der Waals surface area contributed by atoms with Gasteiger partial charge in [0.05, 0.1) is 0 Å². The Kier molecular flexibility index (Phi) is 4.48. The third-order valence-electron chi connectivity index (χ3n) is 4.10. The zero-order valence-electron chi connectivity index (χ0n) is 12.8. The number of aromatic nitrogens is 2. The average molecular weight is 318 g/mol. The highest BCUT2D eigenvalue weighted by atomic mass is 35.5. The van der Waals surface area contributed by atoms with Gasteiger partial charge in [-0.05, 0) is 25.3 Å². The van der Waals surface area contributed by atoms with E-state index in [1.54, 1.807) is 4.57 Å². The molecule has 1 aliphatic heterocycles. The van der Waals surface area contributed by atoms with E-state index in [9.17, 15) is 4.79 Å². The third kappa shape index (κ3) is 2.88. The molecule has 0 N–H and O–H groups in total. The maximum absolute atomic E-state index is 12.7. The molecule has 0 amide bonds. The molecule has 0 fully saturated rings. The molecule has 1 aromatic heterocycles. The summed E-state index contributed by atoms with van der Waals surface area (Å²) in [7, 11) is 0. The number of aryl methyl sites for hydroxylation is 1. The highest BCUT2D eigenvalue weighted by molar-refractivity contribution is 6.18. The van der Waals surface area contributed by atoms with Crippen LogP contribution in [0.2, 0.25) is 0 Å². The van der Waals surface area contributed by atoms with Gasteiger partial charge in [0.2, 0.25) is 5.95 Å². The van der Waals surface area contributed by atoms with E-state index in [1.807, 2.05) is 25.1 Å². The SMILES string of the molecule is Cc1nc2n(c(=O)c1CCCl)CCCN2Cc1ccccc1. The number of rotatable bonds is 4. The number of fused-ring (bicyclic) bond motifs is 1. The maximum Gasteiger partial charge on any atom is 0.258 e. The first kappa shape index (κ1) is 15.1. The van der Waals surface area contributed by atoms with Crippen molar-refractivity contribution in [2.45, 2.75) is 32.9 Å². The summed E-state index contributed by atoms with van der Waals surface area (Å²) in [6.07, 6.45) is 1.54. The minimum atomic E-state index is 0.0703. The van der Waals surface area contributed by atoms with Crippen LogP contribution in [0.5, 0.6) is 0 Å². The van der Waals surface area contributed by atoms with Gasteiger partial charge in [-0.15, -0.1) is 11.6 Å². The predicted octanol–water partition coefficient (Wildman–Crippen LogP) is 2.74. The smallest absolute Gasteiger partial charge is 0.258 e. The Balaban J connectivity index is 1.98. The summed E-state index contributed by atoms with van der Waals surface area (Å²) in [6.45, 7) is 4.35. The summed E-state index contributed by atoms with van der Waals surface area (Å²) < 4.78 is 1.81. The van der Waals surface area contributed by atoms with Crippen molar-refractivity contribution in [1.29, 1.82) is 0 Å². The topological polar surface area (TPSA) is 38.1 Å². The zero-order chi connectivity index (χ0) is 15.5. The van der Waals surface area contributed by atoms with Crippen molar-refractivity contribution in [1.82, 2.24) is 9.55 Å². The van der Waals surface area contributed by atoms with Gasteiger partial charge >= 0.3 is 0 Å². The number of hydrogen-bond acceptors (Lipinski definition) is 3. The molecule has 2 aromatic rings. The van der Waals surface area contributed by atoms with Crippen molar-refractivity contribution in [3.05, 3.63) is 57.5 Å². The Hall–Kier alpha value is -1.81. The van der Waals surface area contributed by atoms with Crippen LogP contribution in [0.4, 0.5) is 5.95 Å². The molecule has 0 aliphatic carbocycles. The monoisotopic (exact) mass is 317 g/mol. The quantitative estimate of drug-likeness (QED) is 0.814. The number of nitrogens with zero attached hydrogens (tertiary/aromatic N) is 3. The van der Waals surface area contributed by atoms with E-state index in [0.717, 1.165) is 43.3 Å². The lowest BCUT2D eigenvalue weighted by atomic mass is 10.1. The molecule has 5 heteroatoms. The van der Waals surface area contributed by atoms with Gasteiger partial charge < -0.3 is 4.90 Å². The van der Waals surface area contributed by atoms with Gasteiger partial charge in [-0.2, -0.15) is 0 Å². The molecule has 0 spiro atoms. The summed E-state index contributed by atoms with van der Waals surface area (Å²) in [5, 5.41) is 0. The van der Waals surface area contributed by atoms with Crippen molar-refractivity contribution >= 4 is 17.5 Å². The maximum atomic E-state index is 12.7. The summed E-state index contributed by atoms with van der Waals surface area (Å²) in [4.78, 5) is 19.6. The summed E-state index contributed by atoms with van der Waals surface area (Å²) in [6, 6.07) is 10.3. The summed E-state index contributed by atoms with van der Waals surface area (Å²) in [5.74, 6) is 1.24. The standard InChI is InChI=1S/C17H20ClN3O/c1-13-15(8-9-18)16(22)21-11-5-10-20(17(21)19-13)12-14-6-3-2-4-7-14/h2-4,6-7H,5,8-12H2,1H3. The second kappa shape index (κ2) is 6.53. The lowest BCUT2D eigenvalue weighted by molar-refractivity contribution is 0.524. The Morgan fingerprint density at radius 2 is 2.00 bits per heavy atom. The molecule has 1 aliphatic rings. The molecule has 22 heavy (non-hydrogen) atoms. The summed E-state index contributed by atoms with van der Waals surface area (Å²) >= 11 is 5.81. The van der Waals surface area contributed by atoms with Gasteiger partial charge in [0, 0.05) is 36.8 Å². The largest absolute Gasteiger partial charge is 0.338 e. The molecule has 1 aromatic carbocycles.